The van der Waals surface area contributed by atoms with Crippen molar-refractivity contribution < 1.29 is 4.79 Å². The molecule has 3 N–H and O–H groups in total. The van der Waals surface area contributed by atoms with Gasteiger partial charge in [-0.2, -0.15) is 0 Å². The lowest BCUT2D eigenvalue weighted by atomic mass is 10.0. The molecule has 5 nitrogen and oxygen atoms in total. The number of carbonyl (C=O) groups is 1. The number of primary amides is 1. The van der Waals surface area contributed by atoms with Gasteiger partial charge in [0.05, 0.1) is 17.4 Å². The summed E-state index contributed by atoms with van der Waals surface area (Å²) in [6.45, 7) is 6.53. The summed E-state index contributed by atoms with van der Waals surface area (Å²) in [5, 5.41) is 5.21. The van der Waals surface area contributed by atoms with Gasteiger partial charge >= 0.3 is 0 Å². The van der Waals surface area contributed by atoms with E-state index in [2.05, 4.69) is 10.3 Å². The van der Waals surface area contributed by atoms with E-state index in [1.165, 1.54) is 0 Å². The maximum Gasteiger partial charge on any atom is 0.234 e. The molecule has 0 aliphatic rings. The third kappa shape index (κ3) is 2.39. The van der Waals surface area contributed by atoms with Crippen LogP contribution in [0.3, 0.4) is 0 Å². The van der Waals surface area contributed by atoms with Crippen LogP contribution in [0.1, 0.15) is 25.2 Å². The van der Waals surface area contributed by atoms with Gasteiger partial charge in [0.25, 0.3) is 0 Å². The Morgan fingerprint density at radius 3 is 2.94 bits per heavy atom. The number of aryl methyl sites for hydroxylation is 1. The molecule has 2 heterocycles. The molecule has 98 valence electrons. The number of fused-ring (bicyclic) bond motifs is 1. The Morgan fingerprint density at radius 1 is 1.61 bits per heavy atom. The third-order valence-electron chi connectivity index (χ3n) is 3.02. The van der Waals surface area contributed by atoms with E-state index in [0.29, 0.717) is 6.54 Å². The van der Waals surface area contributed by atoms with Crippen LogP contribution in [-0.4, -0.2) is 21.3 Å². The van der Waals surface area contributed by atoms with Gasteiger partial charge in [-0.05, 0) is 12.8 Å². The highest BCUT2D eigenvalue weighted by Crippen LogP contribution is 2.17. The van der Waals surface area contributed by atoms with Gasteiger partial charge in [0.15, 0.2) is 4.96 Å². The number of hydrogen-bond donors (Lipinski definition) is 2. The van der Waals surface area contributed by atoms with E-state index in [1.54, 1.807) is 11.3 Å². The van der Waals surface area contributed by atoms with Gasteiger partial charge in [-0.15, -0.1) is 11.3 Å². The van der Waals surface area contributed by atoms with Crippen molar-refractivity contribution in [2.45, 2.75) is 33.4 Å². The van der Waals surface area contributed by atoms with Crippen molar-refractivity contribution in [3.8, 4) is 0 Å². The summed E-state index contributed by atoms with van der Waals surface area (Å²) in [5.41, 5.74) is 7.45. The van der Waals surface area contributed by atoms with E-state index in [0.717, 1.165) is 16.3 Å². The van der Waals surface area contributed by atoms with E-state index in [9.17, 15) is 4.79 Å². The maximum atomic E-state index is 11.3. The molecule has 0 bridgehead atoms. The zero-order chi connectivity index (χ0) is 13.3. The molecule has 0 aliphatic carbocycles. The number of amides is 1. The minimum atomic E-state index is -0.311. The van der Waals surface area contributed by atoms with E-state index in [-0.39, 0.29) is 17.9 Å². The van der Waals surface area contributed by atoms with Crippen molar-refractivity contribution in [3.05, 3.63) is 23.0 Å². The summed E-state index contributed by atoms with van der Waals surface area (Å²) in [6, 6.07) is -0.311. The summed E-state index contributed by atoms with van der Waals surface area (Å²) < 4.78 is 2.05. The molecule has 0 radical (unpaired) electrons. The molecule has 6 heteroatoms. The second-order valence-corrected chi connectivity index (χ2v) is 5.58. The Balaban J connectivity index is 2.16. The highest BCUT2D eigenvalue weighted by molar-refractivity contribution is 7.15. The molecule has 0 aromatic carbocycles. The van der Waals surface area contributed by atoms with Crippen LogP contribution in [0.25, 0.3) is 4.96 Å². The minimum Gasteiger partial charge on any atom is -0.368 e. The predicted octanol–water partition coefficient (Wildman–Crippen LogP) is 1.30. The van der Waals surface area contributed by atoms with Gasteiger partial charge in [0.2, 0.25) is 5.91 Å². The van der Waals surface area contributed by atoms with Crippen LogP contribution in [0.4, 0.5) is 0 Å². The Labute approximate surface area is 110 Å². The molecular weight excluding hydrogens is 248 g/mol. The molecule has 1 atom stereocenters. The molecule has 18 heavy (non-hydrogen) atoms. The quantitative estimate of drug-likeness (QED) is 0.857. The fourth-order valence-corrected chi connectivity index (χ4v) is 2.80. The lowest BCUT2D eigenvalue weighted by Gasteiger charge is -2.18. The molecule has 2 aromatic rings. The number of carbonyl (C=O) groups excluding carboxylic acids is 1. The minimum absolute atomic E-state index is 0.175. The maximum absolute atomic E-state index is 11.3. The van der Waals surface area contributed by atoms with Crippen LogP contribution >= 0.6 is 11.3 Å². The number of nitrogens with zero attached hydrogens (tertiary/aromatic N) is 2. The first-order valence-electron chi connectivity index (χ1n) is 5.94. The van der Waals surface area contributed by atoms with E-state index in [1.807, 2.05) is 36.7 Å². The predicted molar refractivity (Wildman–Crippen MR) is 72.5 cm³/mol. The summed E-state index contributed by atoms with van der Waals surface area (Å²) in [7, 11) is 0. The monoisotopic (exact) mass is 266 g/mol. The van der Waals surface area contributed by atoms with Crippen LogP contribution in [0.2, 0.25) is 0 Å². The second kappa shape index (κ2) is 5.07. The highest BCUT2D eigenvalue weighted by Gasteiger charge is 2.20. The van der Waals surface area contributed by atoms with Crippen LogP contribution < -0.4 is 11.1 Å². The fraction of sp³-hybridized carbons (Fsp3) is 0.500. The van der Waals surface area contributed by atoms with Gasteiger partial charge in [0, 0.05) is 18.1 Å². The molecule has 1 unspecified atom stereocenters. The van der Waals surface area contributed by atoms with Crippen molar-refractivity contribution in [1.82, 2.24) is 14.7 Å². The van der Waals surface area contributed by atoms with E-state index < -0.39 is 0 Å². The lowest BCUT2D eigenvalue weighted by Crippen LogP contribution is -2.44. The summed E-state index contributed by atoms with van der Waals surface area (Å²) in [6.07, 6.45) is 1.99. The number of imidazole rings is 1. The molecule has 0 spiro atoms. The Morgan fingerprint density at radius 2 is 2.33 bits per heavy atom. The van der Waals surface area contributed by atoms with Gasteiger partial charge < -0.3 is 5.73 Å². The molecule has 0 saturated carbocycles. The Kier molecular flexibility index (Phi) is 3.68. The largest absolute Gasteiger partial charge is 0.368 e. The van der Waals surface area contributed by atoms with Crippen molar-refractivity contribution in [2.24, 2.45) is 11.7 Å². The van der Waals surface area contributed by atoms with E-state index in [4.69, 9.17) is 5.73 Å². The zero-order valence-corrected chi connectivity index (χ0v) is 11.6. The SMILES string of the molecule is Cc1nc2sccn2c1CNC(C(N)=O)C(C)C. The molecular formula is C12H18N4OS. The van der Waals surface area contributed by atoms with Gasteiger partial charge in [-0.3, -0.25) is 14.5 Å². The van der Waals surface area contributed by atoms with E-state index >= 15 is 0 Å². The van der Waals surface area contributed by atoms with Gasteiger partial charge in [-0.1, -0.05) is 13.8 Å². The molecule has 2 rings (SSSR count). The topological polar surface area (TPSA) is 72.4 Å². The number of aromatic nitrogens is 2. The number of rotatable bonds is 5. The Hall–Kier alpha value is -1.40. The normalized spacial score (nSPS) is 13.3. The Bertz CT molecular complexity index is 557. The highest BCUT2D eigenvalue weighted by atomic mass is 32.1. The van der Waals surface area contributed by atoms with Crippen molar-refractivity contribution >= 4 is 22.2 Å². The number of thiazole rings is 1. The third-order valence-corrected chi connectivity index (χ3v) is 3.78. The van der Waals surface area contributed by atoms with Gasteiger partial charge in [0.1, 0.15) is 0 Å². The van der Waals surface area contributed by atoms with Crippen LogP contribution in [0.5, 0.6) is 0 Å². The number of hydrogen-bond acceptors (Lipinski definition) is 4. The molecule has 0 fully saturated rings. The van der Waals surface area contributed by atoms with Crippen molar-refractivity contribution in [3.63, 3.8) is 0 Å². The molecule has 1 amide bonds. The summed E-state index contributed by atoms with van der Waals surface area (Å²) in [5.74, 6) is -0.137. The number of nitrogens with one attached hydrogen (secondary N) is 1. The molecule has 0 saturated heterocycles. The second-order valence-electron chi connectivity index (χ2n) is 4.70. The lowest BCUT2D eigenvalue weighted by molar-refractivity contribution is -0.121. The summed E-state index contributed by atoms with van der Waals surface area (Å²) in [4.78, 5) is 16.8. The first kappa shape index (κ1) is 13.0. The van der Waals surface area contributed by atoms with Crippen molar-refractivity contribution in [2.75, 3.05) is 0 Å². The smallest absolute Gasteiger partial charge is 0.234 e. The summed E-state index contributed by atoms with van der Waals surface area (Å²) >= 11 is 1.60. The number of nitrogens with two attached hydrogens (primary N) is 1. The first-order valence-corrected chi connectivity index (χ1v) is 6.82. The fourth-order valence-electron chi connectivity index (χ4n) is 2.03. The van der Waals surface area contributed by atoms with Crippen molar-refractivity contribution in [1.29, 1.82) is 0 Å². The average Bonchev–Trinajstić information content (AvgIpc) is 2.80. The standard InChI is InChI=1S/C12H18N4OS/c1-7(2)10(11(13)17)14-6-9-8(3)15-12-16(9)4-5-18-12/h4-5,7,10,14H,6H2,1-3H3,(H2,13,17). The van der Waals surface area contributed by atoms with Crippen LogP contribution in [-0.2, 0) is 11.3 Å². The van der Waals surface area contributed by atoms with Gasteiger partial charge in [-0.25, -0.2) is 4.98 Å². The van der Waals surface area contributed by atoms with Crippen LogP contribution in [0.15, 0.2) is 11.6 Å². The average molecular weight is 266 g/mol. The first-order chi connectivity index (χ1) is 8.50. The molecule has 0 aliphatic heterocycles. The van der Waals surface area contributed by atoms with Crippen LogP contribution in [0, 0.1) is 12.8 Å². The molecule has 2 aromatic heterocycles. The zero-order valence-electron chi connectivity index (χ0n) is 10.8.